The number of carbonyl (C=O) groups is 2. The molecule has 1 aromatic heterocycles. The van der Waals surface area contributed by atoms with Crippen LogP contribution in [0.4, 0.5) is 4.39 Å². The van der Waals surface area contributed by atoms with Gasteiger partial charge in [0.25, 0.3) is 0 Å². The maximum Gasteiger partial charge on any atom is 0.240 e. The fourth-order valence-corrected chi connectivity index (χ4v) is 3.72. The van der Waals surface area contributed by atoms with Crippen LogP contribution in [-0.2, 0) is 16.0 Å². The monoisotopic (exact) mass is 423 g/mol. The van der Waals surface area contributed by atoms with Crippen molar-refractivity contribution >= 4 is 22.7 Å². The molecule has 0 radical (unpaired) electrons. The average molecular weight is 424 g/mol. The number of hydrogen-bond donors (Lipinski definition) is 2. The van der Waals surface area contributed by atoms with E-state index >= 15 is 0 Å². The van der Waals surface area contributed by atoms with Crippen LogP contribution in [0.3, 0.4) is 0 Å². The fourth-order valence-electron chi connectivity index (χ4n) is 3.72. The number of para-hydroxylation sites is 1. The van der Waals surface area contributed by atoms with Crippen LogP contribution in [0.1, 0.15) is 39.7 Å². The first-order valence-electron chi connectivity index (χ1n) is 10.6. The zero-order valence-corrected chi connectivity index (χ0v) is 18.6. The summed E-state index contributed by atoms with van der Waals surface area (Å²) in [4.78, 5) is 30.1. The first-order valence-corrected chi connectivity index (χ1v) is 10.6. The zero-order valence-electron chi connectivity index (χ0n) is 18.6. The number of nitrogens with one attached hydrogen (secondary N) is 2. The van der Waals surface area contributed by atoms with E-state index in [0.717, 1.165) is 27.7 Å². The molecule has 0 aliphatic carbocycles. The highest BCUT2D eigenvalue weighted by molar-refractivity contribution is 5.91. The van der Waals surface area contributed by atoms with Crippen LogP contribution in [0, 0.1) is 5.82 Å². The molecule has 2 amide bonds. The zero-order chi connectivity index (χ0) is 22.6. The Hall–Kier alpha value is -3.15. The van der Waals surface area contributed by atoms with Crippen LogP contribution in [0.25, 0.3) is 22.2 Å². The van der Waals surface area contributed by atoms with Crippen molar-refractivity contribution in [3.63, 3.8) is 0 Å². The summed E-state index contributed by atoms with van der Waals surface area (Å²) in [5, 5.41) is 3.94. The van der Waals surface area contributed by atoms with E-state index in [1.807, 2.05) is 52.0 Å². The molecule has 2 N–H and O–H groups in total. The molecule has 0 fully saturated rings. The van der Waals surface area contributed by atoms with E-state index in [9.17, 15) is 14.0 Å². The van der Waals surface area contributed by atoms with Gasteiger partial charge in [-0.15, -0.1) is 0 Å². The topological polar surface area (TPSA) is 65.2 Å². The van der Waals surface area contributed by atoms with E-state index in [1.165, 1.54) is 12.1 Å². The number of H-pyrrole nitrogens is 1. The summed E-state index contributed by atoms with van der Waals surface area (Å²) in [6.45, 7) is 8.13. The summed E-state index contributed by atoms with van der Waals surface area (Å²) in [6, 6.07) is 14.3. The molecule has 164 valence electrons. The van der Waals surface area contributed by atoms with E-state index < -0.39 is 0 Å². The van der Waals surface area contributed by atoms with E-state index in [4.69, 9.17) is 0 Å². The predicted octanol–water partition coefficient (Wildman–Crippen LogP) is 4.67. The van der Waals surface area contributed by atoms with Crippen molar-refractivity contribution in [3.8, 4) is 11.3 Å². The number of aromatic amines is 1. The van der Waals surface area contributed by atoms with Crippen LogP contribution >= 0.6 is 0 Å². The number of rotatable bonds is 7. The van der Waals surface area contributed by atoms with Gasteiger partial charge in [0.2, 0.25) is 11.8 Å². The summed E-state index contributed by atoms with van der Waals surface area (Å²) in [5.74, 6) is -0.521. The van der Waals surface area contributed by atoms with Crippen LogP contribution in [0.15, 0.2) is 48.5 Å². The third-order valence-corrected chi connectivity index (χ3v) is 5.12. The Balaban J connectivity index is 1.79. The molecule has 3 aromatic rings. The van der Waals surface area contributed by atoms with Gasteiger partial charge in [0, 0.05) is 35.1 Å². The molecular weight excluding hydrogens is 393 g/mol. The van der Waals surface area contributed by atoms with Crippen LogP contribution < -0.4 is 5.32 Å². The van der Waals surface area contributed by atoms with Crippen molar-refractivity contribution in [2.24, 2.45) is 0 Å². The van der Waals surface area contributed by atoms with Gasteiger partial charge in [0.15, 0.2) is 0 Å². The summed E-state index contributed by atoms with van der Waals surface area (Å²) < 4.78 is 13.4. The quantitative estimate of drug-likeness (QED) is 0.580. The molecule has 0 saturated carbocycles. The van der Waals surface area contributed by atoms with Crippen molar-refractivity contribution in [2.75, 3.05) is 13.1 Å². The van der Waals surface area contributed by atoms with E-state index in [1.54, 1.807) is 17.0 Å². The normalized spacial score (nSPS) is 11.5. The summed E-state index contributed by atoms with van der Waals surface area (Å²) in [6.07, 6.45) is 0.805. The largest absolute Gasteiger partial charge is 0.354 e. The highest BCUT2D eigenvalue weighted by atomic mass is 19.1. The number of nitrogens with zero attached hydrogens (tertiary/aromatic N) is 1. The first-order chi connectivity index (χ1) is 14.7. The molecule has 0 saturated heterocycles. The van der Waals surface area contributed by atoms with Crippen molar-refractivity contribution in [1.82, 2.24) is 15.2 Å². The number of halogens is 1. The van der Waals surface area contributed by atoms with Crippen LogP contribution in [-0.4, -0.2) is 40.3 Å². The van der Waals surface area contributed by atoms with Crippen molar-refractivity contribution in [2.45, 2.75) is 46.1 Å². The maximum absolute atomic E-state index is 13.4. The summed E-state index contributed by atoms with van der Waals surface area (Å²) >= 11 is 0. The lowest BCUT2D eigenvalue weighted by molar-refractivity contribution is -0.136. The number of aromatic nitrogens is 1. The van der Waals surface area contributed by atoms with Gasteiger partial charge in [-0.3, -0.25) is 9.59 Å². The van der Waals surface area contributed by atoms with Gasteiger partial charge in [-0.2, -0.15) is 0 Å². The van der Waals surface area contributed by atoms with Crippen molar-refractivity contribution in [3.05, 3.63) is 59.9 Å². The number of benzene rings is 2. The second kappa shape index (κ2) is 9.33. The Labute approximate surface area is 182 Å². The molecular formula is C25H30FN3O2. The summed E-state index contributed by atoms with van der Waals surface area (Å²) in [5.41, 5.74) is 3.42. The van der Waals surface area contributed by atoms with Crippen LogP contribution in [0.5, 0.6) is 0 Å². The lowest BCUT2D eigenvalue weighted by atomic mass is 10.0. The highest BCUT2D eigenvalue weighted by Gasteiger charge is 2.21. The lowest BCUT2D eigenvalue weighted by Crippen LogP contribution is -2.47. The molecule has 3 rings (SSSR count). The maximum atomic E-state index is 13.4. The Kier molecular flexibility index (Phi) is 6.78. The predicted molar refractivity (Wildman–Crippen MR) is 122 cm³/mol. The minimum absolute atomic E-state index is 0.0469. The van der Waals surface area contributed by atoms with E-state index in [-0.39, 0.29) is 36.1 Å². The minimum Gasteiger partial charge on any atom is -0.354 e. The summed E-state index contributed by atoms with van der Waals surface area (Å²) in [7, 11) is 0. The molecule has 5 nitrogen and oxygen atoms in total. The molecule has 31 heavy (non-hydrogen) atoms. The van der Waals surface area contributed by atoms with Crippen molar-refractivity contribution in [1.29, 1.82) is 0 Å². The smallest absolute Gasteiger partial charge is 0.240 e. The third kappa shape index (κ3) is 5.72. The lowest BCUT2D eigenvalue weighted by Gasteiger charge is -2.25. The van der Waals surface area contributed by atoms with E-state index in [0.29, 0.717) is 13.0 Å². The number of fused-ring (bicyclic) bond motifs is 1. The Morgan fingerprint density at radius 1 is 1.06 bits per heavy atom. The van der Waals surface area contributed by atoms with Gasteiger partial charge in [-0.25, -0.2) is 4.39 Å². The number of amides is 2. The number of carbonyl (C=O) groups excluding carboxylic acids is 2. The third-order valence-electron chi connectivity index (χ3n) is 5.12. The molecule has 0 atom stereocenters. The Morgan fingerprint density at radius 3 is 2.39 bits per heavy atom. The second-order valence-corrected chi connectivity index (χ2v) is 8.74. The molecule has 0 unspecified atom stereocenters. The standard InChI is InChI=1S/C25H30FN3O2/c1-5-29(16-22(30)28-25(2,3)4)23(31)15-14-20-19-8-6-7-9-21(19)27-24(20)17-10-12-18(26)13-11-17/h6-13,27H,5,14-16H2,1-4H3,(H,28,30). The van der Waals surface area contributed by atoms with Gasteiger partial charge < -0.3 is 15.2 Å². The number of hydrogen-bond acceptors (Lipinski definition) is 2. The van der Waals surface area contributed by atoms with Gasteiger partial charge in [-0.05, 0) is 75.6 Å². The second-order valence-electron chi connectivity index (χ2n) is 8.74. The first kappa shape index (κ1) is 22.5. The molecule has 0 bridgehead atoms. The van der Waals surface area contributed by atoms with Gasteiger partial charge >= 0.3 is 0 Å². The molecule has 1 heterocycles. The number of likely N-dealkylation sites (N-methyl/N-ethyl adjacent to an activating group) is 1. The molecule has 0 aliphatic rings. The van der Waals surface area contributed by atoms with E-state index in [2.05, 4.69) is 10.3 Å². The molecule has 2 aromatic carbocycles. The highest BCUT2D eigenvalue weighted by Crippen LogP contribution is 2.31. The van der Waals surface area contributed by atoms with Crippen molar-refractivity contribution < 1.29 is 14.0 Å². The molecule has 0 spiro atoms. The SMILES string of the molecule is CCN(CC(=O)NC(C)(C)C)C(=O)CCc1c(-c2ccc(F)cc2)[nH]c2ccccc12. The van der Waals surface area contributed by atoms with Crippen LogP contribution in [0.2, 0.25) is 0 Å². The van der Waals surface area contributed by atoms with Gasteiger partial charge in [0.1, 0.15) is 5.82 Å². The average Bonchev–Trinajstić information content (AvgIpc) is 3.08. The number of aryl methyl sites for hydroxylation is 1. The fraction of sp³-hybridized carbons (Fsp3) is 0.360. The molecule has 0 aliphatic heterocycles. The Morgan fingerprint density at radius 2 is 1.74 bits per heavy atom. The van der Waals surface area contributed by atoms with Gasteiger partial charge in [-0.1, -0.05) is 18.2 Å². The molecule has 6 heteroatoms. The Bertz CT molecular complexity index is 1060. The minimum atomic E-state index is -0.340. The van der Waals surface area contributed by atoms with Gasteiger partial charge in [0.05, 0.1) is 6.54 Å².